The van der Waals surface area contributed by atoms with Crippen molar-refractivity contribution in [3.8, 4) is 0 Å². The summed E-state index contributed by atoms with van der Waals surface area (Å²) in [5, 5.41) is 23.7. The van der Waals surface area contributed by atoms with Crippen LogP contribution in [0, 0.1) is 22.7 Å². The molecular weight excluding hydrogens is 1050 g/mol. The van der Waals surface area contributed by atoms with Gasteiger partial charge in [0.25, 0.3) is 0 Å². The number of fused-ring (bicyclic) bond motifs is 1. The number of aliphatic hydroxyl groups is 2. The molecule has 2 N–H and O–H groups in total. The maximum atomic E-state index is 14.6. The van der Waals surface area contributed by atoms with Crippen LogP contribution in [0.3, 0.4) is 0 Å². The third-order valence-electron chi connectivity index (χ3n) is 9.54. The van der Waals surface area contributed by atoms with E-state index in [1.807, 2.05) is 6.92 Å². The standard InChI is InChI=1S/C21H56O7P22/c1-10-8-19(3,4)12(6-13(10)27-43(49(40)46(34)35)50(47(36)37)48(38)39)16(26-41-29)17-20(5,18(23)11(2)22)14(7-15-21(17,24)9-25-15)28-42(44(30)31)45(32)33/h8,11-17,22,24,41H,6-7,9,29-40H2,1-5H3/t11-,12?,13+,14+,15-,16-,17+,20-,21+,43?,49?/m1/s1. The average molecular weight is 1100 g/mol. The van der Waals surface area contributed by atoms with Crippen LogP contribution in [0.2, 0.25) is 0 Å². The average Bonchev–Trinajstić information content (AvgIpc) is 2.98. The second-order valence-electron chi connectivity index (χ2n) is 13.3. The number of aliphatic hydroxyl groups excluding tert-OH is 1. The van der Waals surface area contributed by atoms with Crippen LogP contribution in [0.25, 0.3) is 0 Å². The Labute approximate surface area is 340 Å². The molecule has 1 saturated carbocycles. The van der Waals surface area contributed by atoms with Gasteiger partial charge in [-0.3, -0.25) is 4.79 Å². The molecule has 1 saturated heterocycles. The van der Waals surface area contributed by atoms with Crippen molar-refractivity contribution in [2.75, 3.05) is 6.61 Å². The number of Topliss-reactive ketones (excluding diaryl/α,β-unsaturated/α-hetero) is 1. The van der Waals surface area contributed by atoms with E-state index in [0.29, 0.717) is 12.8 Å². The number of ether oxygens (including phenoxy) is 1. The minimum Gasteiger partial charge on any atom is -0.386 e. The van der Waals surface area contributed by atoms with Crippen molar-refractivity contribution < 1.29 is 33.3 Å². The molecule has 3 rings (SSSR count). The molecular formula is C21H56O7P22. The molecule has 16 unspecified atom stereocenters. The molecule has 0 aromatic rings. The highest BCUT2D eigenvalue weighted by Crippen LogP contribution is 3.17. The van der Waals surface area contributed by atoms with Crippen LogP contribution >= 0.6 is 180 Å². The minimum absolute atomic E-state index is 0.0472. The Morgan fingerprint density at radius 3 is 1.90 bits per heavy atom. The lowest BCUT2D eigenvalue weighted by Crippen LogP contribution is -2.77. The van der Waals surface area contributed by atoms with Crippen LogP contribution in [0.15, 0.2) is 11.6 Å². The van der Waals surface area contributed by atoms with Gasteiger partial charge < -0.3 is 28.5 Å². The van der Waals surface area contributed by atoms with Gasteiger partial charge in [0.1, 0.15) is 11.7 Å². The van der Waals surface area contributed by atoms with Gasteiger partial charge >= 0.3 is 0 Å². The third-order valence-corrected chi connectivity index (χ3v) is 104. The second-order valence-corrected chi connectivity index (χ2v) is 86.8. The molecule has 24 atom stereocenters. The van der Waals surface area contributed by atoms with Gasteiger partial charge in [-0.25, -0.2) is 0 Å². The Bertz CT molecular complexity index is 1170. The lowest BCUT2D eigenvalue weighted by atomic mass is 9.49. The fraction of sp³-hybridized carbons (Fsp3) is 0.857. The summed E-state index contributed by atoms with van der Waals surface area (Å²) in [6, 6.07) is 0. The maximum Gasteiger partial charge on any atom is 0.169 e. The zero-order valence-electron chi connectivity index (χ0n) is 28.6. The van der Waals surface area contributed by atoms with Crippen molar-refractivity contribution >= 4 is 185 Å². The first-order chi connectivity index (χ1) is 23.0. The van der Waals surface area contributed by atoms with Crippen molar-refractivity contribution in [1.29, 1.82) is 0 Å². The van der Waals surface area contributed by atoms with Crippen LogP contribution in [0.5, 0.6) is 0 Å². The zero-order valence-corrected chi connectivity index (χ0v) is 51.5. The van der Waals surface area contributed by atoms with Crippen molar-refractivity contribution in [3.05, 3.63) is 11.6 Å². The summed E-state index contributed by atoms with van der Waals surface area (Å²) in [4.78, 5) is 14.6. The fourth-order valence-corrected chi connectivity index (χ4v) is 137. The number of hydrogen-bond donors (Lipinski definition) is 2. The van der Waals surface area contributed by atoms with E-state index in [9.17, 15) is 15.0 Å². The van der Waals surface area contributed by atoms with E-state index in [0.717, 1.165) is 0 Å². The fourth-order valence-electron chi connectivity index (χ4n) is 7.30. The topological polar surface area (TPSA) is 94.5 Å². The van der Waals surface area contributed by atoms with Gasteiger partial charge in [-0.2, -0.15) is 0 Å². The molecule has 3 aliphatic rings. The molecule has 0 bridgehead atoms. The number of hydrogen-bond acceptors (Lipinski definition) is 7. The molecule has 1 aliphatic heterocycles. The van der Waals surface area contributed by atoms with E-state index in [2.05, 4.69) is 134 Å². The Kier molecular flexibility index (Phi) is 24.4. The monoisotopic (exact) mass is 1100 g/mol. The molecule has 50 heavy (non-hydrogen) atoms. The van der Waals surface area contributed by atoms with Crippen LogP contribution in [0.1, 0.15) is 47.5 Å². The smallest absolute Gasteiger partial charge is 0.169 e. The number of allylic oxidation sites excluding steroid dienone is 1. The van der Waals surface area contributed by atoms with Gasteiger partial charge in [-0.05, 0) is 79.0 Å². The second kappa shape index (κ2) is 23.0. The molecule has 0 amide bonds. The Balaban J connectivity index is 2.20. The molecule has 7 nitrogen and oxygen atoms in total. The van der Waals surface area contributed by atoms with Gasteiger partial charge in [0, 0.05) is 34.8 Å². The lowest BCUT2D eigenvalue weighted by Gasteiger charge is -2.64. The van der Waals surface area contributed by atoms with Gasteiger partial charge in [0.2, 0.25) is 0 Å². The highest BCUT2D eigenvalue weighted by molar-refractivity contribution is 9.19. The normalized spacial score (nSPS) is 34.2. The van der Waals surface area contributed by atoms with Crippen LogP contribution in [0.4, 0.5) is 0 Å². The van der Waals surface area contributed by atoms with Crippen LogP contribution < -0.4 is 0 Å². The van der Waals surface area contributed by atoms with E-state index in [-0.39, 0.29) is 66.3 Å². The number of carbonyl (C=O) groups is 1. The molecule has 0 radical (unpaired) electrons. The molecule has 2 fully saturated rings. The molecule has 0 aromatic carbocycles. The number of carbonyl (C=O) groups excluding carboxylic acids is 1. The van der Waals surface area contributed by atoms with Gasteiger partial charge in [0.05, 0.1) is 51.5 Å². The molecule has 2 aliphatic carbocycles. The number of ketones is 1. The summed E-state index contributed by atoms with van der Waals surface area (Å²) < 4.78 is 27.4. The van der Waals surface area contributed by atoms with Gasteiger partial charge in [-0.15, -0.1) is 89.3 Å². The largest absolute Gasteiger partial charge is 0.386 e. The van der Waals surface area contributed by atoms with E-state index >= 15 is 0 Å². The van der Waals surface area contributed by atoms with Crippen molar-refractivity contribution in [2.24, 2.45) is 22.7 Å². The third kappa shape index (κ3) is 12.5. The highest BCUT2D eigenvalue weighted by Gasteiger charge is 2.71. The first kappa shape index (κ1) is 53.0. The first-order valence-corrected chi connectivity index (χ1v) is 52.5. The minimum atomic E-state index is -1.31. The summed E-state index contributed by atoms with van der Waals surface area (Å²) in [6.45, 7) is 7.17. The molecule has 29 heteroatoms. The zero-order chi connectivity index (χ0) is 38.3. The van der Waals surface area contributed by atoms with Gasteiger partial charge in [-0.1, -0.05) is 37.8 Å². The summed E-state index contributed by atoms with van der Waals surface area (Å²) in [5.41, 5.74) is -1.66. The Morgan fingerprint density at radius 2 is 1.48 bits per heavy atom. The summed E-state index contributed by atoms with van der Waals surface area (Å²) in [5.74, 6) is -1.10. The predicted octanol–water partition coefficient (Wildman–Crippen LogP) is 13.9. The quantitative estimate of drug-likeness (QED) is 0.111. The van der Waals surface area contributed by atoms with Crippen molar-refractivity contribution in [3.63, 3.8) is 0 Å². The highest BCUT2D eigenvalue weighted by atomic mass is 33.2. The molecule has 292 valence electrons. The van der Waals surface area contributed by atoms with Crippen LogP contribution in [-0.4, -0.2) is 58.7 Å². The summed E-state index contributed by atoms with van der Waals surface area (Å²) in [6.07, 6.45) is 0.486. The van der Waals surface area contributed by atoms with E-state index < -0.39 is 77.4 Å². The maximum absolute atomic E-state index is 14.6. The predicted molar refractivity (Wildman–Crippen MR) is 285 cm³/mol. The first-order valence-electron chi connectivity index (χ1n) is 15.1. The van der Waals surface area contributed by atoms with Crippen molar-refractivity contribution in [1.82, 2.24) is 0 Å². The van der Waals surface area contributed by atoms with Crippen LogP contribution in [-0.2, 0) is 23.1 Å². The molecule has 0 spiro atoms. The van der Waals surface area contributed by atoms with E-state index in [4.69, 9.17) is 18.3 Å². The van der Waals surface area contributed by atoms with Crippen molar-refractivity contribution in [2.45, 2.75) is 83.6 Å². The number of rotatable bonds is 17. The summed E-state index contributed by atoms with van der Waals surface area (Å²) in [7, 11) is 34.4. The Morgan fingerprint density at radius 1 is 0.920 bits per heavy atom. The van der Waals surface area contributed by atoms with E-state index in [1.165, 1.54) is 12.5 Å². The summed E-state index contributed by atoms with van der Waals surface area (Å²) >= 11 is 0. The SMILES string of the molecule is CC1=CC(C)(C)C([C@@H](OPP)[C@@H]2[C@]3(O)CO[C@@H]3C[C@H](OP(P(P)P)P(P)P)[C@@]2(C)C(=O)[C@@H](C)O)C[C@@H]1OP(P(P)P(P)P)P(P(P)P)P(P)P. The Hall–Kier alpha value is 8.63. The molecule has 0 aromatic heterocycles. The lowest BCUT2D eigenvalue weighted by molar-refractivity contribution is -0.326. The van der Waals surface area contributed by atoms with E-state index in [1.54, 1.807) is 0 Å². The molecule has 1 heterocycles. The van der Waals surface area contributed by atoms with Gasteiger partial charge in [0.15, 0.2) is 5.78 Å².